The molecular weight excluding hydrogens is 382 g/mol. The Morgan fingerprint density at radius 2 is 1.84 bits per heavy atom. The molecule has 6 nitrogen and oxygen atoms in total. The van der Waals surface area contributed by atoms with Crippen LogP contribution in [-0.2, 0) is 6.18 Å². The number of benzene rings is 1. The van der Waals surface area contributed by atoms with Crippen LogP contribution in [0.5, 0.6) is 0 Å². The molecule has 2 rings (SSSR count). The molecule has 0 spiro atoms. The molecule has 0 aliphatic rings. The van der Waals surface area contributed by atoms with Crippen molar-refractivity contribution >= 4 is 40.7 Å². The minimum absolute atomic E-state index is 0.132. The van der Waals surface area contributed by atoms with Crippen LogP contribution in [0.3, 0.4) is 0 Å². The summed E-state index contributed by atoms with van der Waals surface area (Å²) in [6.45, 7) is 2.93. The number of anilines is 2. The Morgan fingerprint density at radius 1 is 1.16 bits per heavy atom. The summed E-state index contributed by atoms with van der Waals surface area (Å²) in [5, 5.41) is 3.01. The second-order valence-corrected chi connectivity index (χ2v) is 5.78. The summed E-state index contributed by atoms with van der Waals surface area (Å²) in [6.07, 6.45) is -4.70. The van der Waals surface area contributed by atoms with E-state index in [1.807, 2.05) is 0 Å². The molecule has 0 unspecified atom stereocenters. The van der Waals surface area contributed by atoms with Gasteiger partial charge in [0.15, 0.2) is 5.82 Å². The van der Waals surface area contributed by atoms with Gasteiger partial charge in [-0.3, -0.25) is 10.9 Å². The molecule has 0 radical (unpaired) electrons. The Bertz CT molecular complexity index is 814. The van der Waals surface area contributed by atoms with Crippen molar-refractivity contribution in [1.82, 2.24) is 15.4 Å². The van der Waals surface area contributed by atoms with Crippen molar-refractivity contribution in [3.63, 3.8) is 0 Å². The van der Waals surface area contributed by atoms with Crippen LogP contribution in [0.4, 0.5) is 29.5 Å². The number of halogens is 5. The molecule has 134 valence electrons. The molecule has 0 aliphatic heterocycles. The number of nitrogens with one attached hydrogen (secondary N) is 3. The van der Waals surface area contributed by atoms with Crippen molar-refractivity contribution in [2.75, 3.05) is 10.7 Å². The van der Waals surface area contributed by atoms with Gasteiger partial charge in [0.05, 0.1) is 10.7 Å². The number of carbonyl (C=O) groups excluding carboxylic acids is 1. The van der Waals surface area contributed by atoms with E-state index in [-0.39, 0.29) is 22.2 Å². The Morgan fingerprint density at radius 3 is 2.44 bits per heavy atom. The summed E-state index contributed by atoms with van der Waals surface area (Å²) in [5.74, 6) is -1.47. The van der Waals surface area contributed by atoms with Crippen LogP contribution in [-0.4, -0.2) is 16.0 Å². The number of aromatic nitrogens is 2. The summed E-state index contributed by atoms with van der Waals surface area (Å²) in [5.41, 5.74) is 5.29. The highest BCUT2D eigenvalue weighted by atomic mass is 35.5. The molecule has 1 aromatic carbocycles. The molecule has 0 bridgehead atoms. The highest BCUT2D eigenvalue weighted by molar-refractivity contribution is 6.36. The highest BCUT2D eigenvalue weighted by Gasteiger charge is 2.35. The van der Waals surface area contributed by atoms with E-state index in [9.17, 15) is 18.0 Å². The van der Waals surface area contributed by atoms with E-state index in [4.69, 9.17) is 23.2 Å². The standard InChI is InChI=1S/C14H12Cl2F3N5O/c1-6-7(2)20-12(14(17,18)19)22-11(6)23-24-13(25)21-10-4-3-8(15)5-9(10)16/h3-5H,1-2H3,(H,20,22,23)(H2,21,24,25). The number of rotatable bonds is 3. The zero-order valence-electron chi connectivity index (χ0n) is 12.9. The molecule has 0 aliphatic carbocycles. The lowest BCUT2D eigenvalue weighted by molar-refractivity contribution is -0.145. The maximum absolute atomic E-state index is 12.8. The quantitative estimate of drug-likeness (QED) is 0.667. The topological polar surface area (TPSA) is 78.9 Å². The van der Waals surface area contributed by atoms with Crippen LogP contribution in [0.2, 0.25) is 10.0 Å². The molecular formula is C14H12Cl2F3N5O. The largest absolute Gasteiger partial charge is 0.451 e. The van der Waals surface area contributed by atoms with Crippen molar-refractivity contribution in [3.8, 4) is 0 Å². The molecule has 1 aromatic heterocycles. The number of alkyl halides is 3. The molecule has 1 heterocycles. The normalized spacial score (nSPS) is 11.2. The zero-order chi connectivity index (χ0) is 18.8. The van der Waals surface area contributed by atoms with Crippen LogP contribution < -0.4 is 16.2 Å². The van der Waals surface area contributed by atoms with E-state index in [1.54, 1.807) is 0 Å². The summed E-state index contributed by atoms with van der Waals surface area (Å²) in [7, 11) is 0. The van der Waals surface area contributed by atoms with Crippen molar-refractivity contribution in [2.24, 2.45) is 0 Å². The van der Waals surface area contributed by atoms with Gasteiger partial charge in [0.2, 0.25) is 5.82 Å². The van der Waals surface area contributed by atoms with Gasteiger partial charge in [-0.05, 0) is 32.0 Å². The van der Waals surface area contributed by atoms with Gasteiger partial charge in [-0.25, -0.2) is 14.8 Å². The lowest BCUT2D eigenvalue weighted by atomic mass is 10.2. The third-order valence-corrected chi connectivity index (χ3v) is 3.66. The van der Waals surface area contributed by atoms with Crippen LogP contribution in [0.15, 0.2) is 18.2 Å². The van der Waals surface area contributed by atoms with Crippen molar-refractivity contribution in [1.29, 1.82) is 0 Å². The lowest BCUT2D eigenvalue weighted by Gasteiger charge is -2.15. The fourth-order valence-electron chi connectivity index (χ4n) is 1.74. The fourth-order valence-corrected chi connectivity index (χ4v) is 2.19. The Labute approximate surface area is 150 Å². The number of hydrogen-bond donors (Lipinski definition) is 3. The predicted molar refractivity (Wildman–Crippen MR) is 88.7 cm³/mol. The molecule has 11 heteroatoms. The number of amides is 2. The first-order valence-corrected chi connectivity index (χ1v) is 7.54. The third-order valence-electron chi connectivity index (χ3n) is 3.12. The van der Waals surface area contributed by atoms with Gasteiger partial charge in [-0.2, -0.15) is 13.2 Å². The van der Waals surface area contributed by atoms with Crippen molar-refractivity contribution < 1.29 is 18.0 Å². The van der Waals surface area contributed by atoms with Gasteiger partial charge < -0.3 is 5.32 Å². The number of hydrazine groups is 1. The van der Waals surface area contributed by atoms with Gasteiger partial charge in [-0.1, -0.05) is 23.2 Å². The zero-order valence-corrected chi connectivity index (χ0v) is 14.4. The van der Waals surface area contributed by atoms with Gasteiger partial charge in [0, 0.05) is 16.3 Å². The predicted octanol–water partition coefficient (Wildman–Crippen LogP) is 4.57. The molecule has 0 atom stereocenters. The van der Waals surface area contributed by atoms with Gasteiger partial charge in [0.25, 0.3) is 0 Å². The Kier molecular flexibility index (Phi) is 5.58. The molecule has 0 fully saturated rings. The maximum atomic E-state index is 12.8. The number of nitrogens with zero attached hydrogens (tertiary/aromatic N) is 2. The number of carbonyl (C=O) groups is 1. The molecule has 25 heavy (non-hydrogen) atoms. The lowest BCUT2D eigenvalue weighted by Crippen LogP contribution is -2.34. The average Bonchev–Trinajstić information content (AvgIpc) is 2.50. The van der Waals surface area contributed by atoms with E-state index >= 15 is 0 Å². The first kappa shape index (κ1) is 19.1. The average molecular weight is 394 g/mol. The number of urea groups is 1. The van der Waals surface area contributed by atoms with E-state index in [1.165, 1.54) is 32.0 Å². The third kappa shape index (κ3) is 4.86. The minimum Gasteiger partial charge on any atom is -0.305 e. The summed E-state index contributed by atoms with van der Waals surface area (Å²) < 4.78 is 38.3. The van der Waals surface area contributed by atoms with Crippen LogP contribution in [0.25, 0.3) is 0 Å². The fraction of sp³-hybridized carbons (Fsp3) is 0.214. The van der Waals surface area contributed by atoms with Crippen molar-refractivity contribution in [3.05, 3.63) is 45.3 Å². The first-order chi connectivity index (χ1) is 11.6. The smallest absolute Gasteiger partial charge is 0.305 e. The van der Waals surface area contributed by atoms with Gasteiger partial charge in [-0.15, -0.1) is 0 Å². The SMILES string of the molecule is Cc1nc(C(F)(F)F)nc(NNC(=O)Nc2ccc(Cl)cc2Cl)c1C. The number of hydrogen-bond acceptors (Lipinski definition) is 4. The molecule has 0 saturated heterocycles. The second kappa shape index (κ2) is 7.32. The van der Waals surface area contributed by atoms with Crippen LogP contribution in [0, 0.1) is 13.8 Å². The van der Waals surface area contributed by atoms with Gasteiger partial charge >= 0.3 is 12.2 Å². The van der Waals surface area contributed by atoms with E-state index in [0.29, 0.717) is 10.6 Å². The number of aryl methyl sites for hydroxylation is 1. The maximum Gasteiger partial charge on any atom is 0.451 e. The Balaban J connectivity index is 2.10. The summed E-state index contributed by atoms with van der Waals surface area (Å²) in [4.78, 5) is 18.6. The molecule has 0 saturated carbocycles. The second-order valence-electron chi connectivity index (χ2n) is 4.93. The summed E-state index contributed by atoms with van der Waals surface area (Å²) in [6, 6.07) is 3.67. The van der Waals surface area contributed by atoms with Gasteiger partial charge in [0.1, 0.15) is 0 Å². The minimum atomic E-state index is -4.70. The van der Waals surface area contributed by atoms with E-state index in [0.717, 1.165) is 0 Å². The van der Waals surface area contributed by atoms with Crippen LogP contribution in [0.1, 0.15) is 17.1 Å². The van der Waals surface area contributed by atoms with Crippen molar-refractivity contribution in [2.45, 2.75) is 20.0 Å². The molecule has 2 aromatic rings. The Hall–Kier alpha value is -2.26. The van der Waals surface area contributed by atoms with E-state index in [2.05, 4.69) is 26.1 Å². The van der Waals surface area contributed by atoms with Crippen LogP contribution >= 0.6 is 23.2 Å². The van der Waals surface area contributed by atoms with E-state index < -0.39 is 18.0 Å². The molecule has 3 N–H and O–H groups in total. The molecule has 2 amide bonds. The summed E-state index contributed by atoms with van der Waals surface area (Å²) >= 11 is 11.7. The monoisotopic (exact) mass is 393 g/mol. The highest BCUT2D eigenvalue weighted by Crippen LogP contribution is 2.28. The first-order valence-electron chi connectivity index (χ1n) is 6.78.